The number of benzene rings is 1. The van der Waals surface area contributed by atoms with E-state index in [1.54, 1.807) is 13.4 Å². The smallest absolute Gasteiger partial charge is 0.251 e. The monoisotopic (exact) mass is 344 g/mol. The van der Waals surface area contributed by atoms with Crippen LogP contribution < -0.4 is 4.74 Å². The third-order valence-electron chi connectivity index (χ3n) is 4.50. The molecule has 1 aliphatic heterocycles. The van der Waals surface area contributed by atoms with Crippen LogP contribution in [0.2, 0.25) is 0 Å². The SMILES string of the molecule is COc1cccc(CO[C@H](C)C(=O)N2CCC[C@@H](n3cncn3)C2)c1. The van der Waals surface area contributed by atoms with Gasteiger partial charge in [0.15, 0.2) is 0 Å². The number of carbonyl (C=O) groups excluding carboxylic acids is 1. The number of aromatic nitrogens is 3. The number of ether oxygens (including phenoxy) is 2. The van der Waals surface area contributed by atoms with Gasteiger partial charge < -0.3 is 14.4 Å². The van der Waals surface area contributed by atoms with Crippen LogP contribution >= 0.6 is 0 Å². The first-order valence-electron chi connectivity index (χ1n) is 8.55. The molecule has 0 N–H and O–H groups in total. The maximum absolute atomic E-state index is 12.7. The zero-order valence-electron chi connectivity index (χ0n) is 14.7. The van der Waals surface area contributed by atoms with Crippen LogP contribution in [-0.2, 0) is 16.1 Å². The Balaban J connectivity index is 1.54. The summed E-state index contributed by atoms with van der Waals surface area (Å²) in [6.07, 6.45) is 4.72. The van der Waals surface area contributed by atoms with Crippen LogP contribution in [0.15, 0.2) is 36.9 Å². The number of methoxy groups -OCH3 is 1. The quantitative estimate of drug-likeness (QED) is 0.802. The summed E-state index contributed by atoms with van der Waals surface area (Å²) >= 11 is 0. The largest absolute Gasteiger partial charge is 0.497 e. The predicted octanol–water partition coefficient (Wildman–Crippen LogP) is 2.06. The molecule has 0 bridgehead atoms. The highest BCUT2D eigenvalue weighted by Crippen LogP contribution is 2.21. The lowest BCUT2D eigenvalue weighted by Crippen LogP contribution is -2.45. The molecule has 2 heterocycles. The van der Waals surface area contributed by atoms with E-state index in [0.717, 1.165) is 30.7 Å². The molecule has 2 aromatic rings. The standard InChI is InChI=1S/C18H24N4O3/c1-14(25-11-15-5-3-7-17(9-15)24-2)18(23)21-8-4-6-16(10-21)22-13-19-12-20-22/h3,5,7,9,12-14,16H,4,6,8,10-11H2,1-2H3/t14-,16-/m1/s1. The highest BCUT2D eigenvalue weighted by Gasteiger charge is 2.28. The molecule has 3 rings (SSSR count). The molecule has 1 saturated heterocycles. The number of nitrogens with zero attached hydrogens (tertiary/aromatic N) is 4. The van der Waals surface area contributed by atoms with Crippen LogP contribution in [0.1, 0.15) is 31.4 Å². The van der Waals surface area contributed by atoms with Crippen LogP contribution in [0.3, 0.4) is 0 Å². The topological polar surface area (TPSA) is 69.5 Å². The zero-order valence-corrected chi connectivity index (χ0v) is 14.7. The van der Waals surface area contributed by atoms with E-state index in [1.165, 1.54) is 6.33 Å². The van der Waals surface area contributed by atoms with Gasteiger partial charge in [-0.1, -0.05) is 12.1 Å². The number of hydrogen-bond acceptors (Lipinski definition) is 5. The average molecular weight is 344 g/mol. The van der Waals surface area contributed by atoms with Crippen LogP contribution in [0.25, 0.3) is 0 Å². The molecule has 0 radical (unpaired) electrons. The Morgan fingerprint density at radius 2 is 2.32 bits per heavy atom. The summed E-state index contributed by atoms with van der Waals surface area (Å²) in [4.78, 5) is 18.5. The van der Waals surface area contributed by atoms with Crippen molar-refractivity contribution < 1.29 is 14.3 Å². The van der Waals surface area contributed by atoms with Gasteiger partial charge in [-0.05, 0) is 37.5 Å². The number of likely N-dealkylation sites (tertiary alicyclic amines) is 1. The number of piperidine rings is 1. The van der Waals surface area contributed by atoms with Crippen molar-refractivity contribution >= 4 is 5.91 Å². The second kappa shape index (κ2) is 8.11. The maximum atomic E-state index is 12.7. The van der Waals surface area contributed by atoms with Crippen molar-refractivity contribution in [3.8, 4) is 5.75 Å². The number of rotatable bonds is 6. The van der Waals surface area contributed by atoms with Gasteiger partial charge in [0, 0.05) is 13.1 Å². The molecule has 7 nitrogen and oxygen atoms in total. The van der Waals surface area contributed by atoms with Crippen LogP contribution in [0.4, 0.5) is 0 Å². The van der Waals surface area contributed by atoms with E-state index in [2.05, 4.69) is 10.1 Å². The molecule has 1 aromatic carbocycles. The maximum Gasteiger partial charge on any atom is 0.251 e. The van der Waals surface area contributed by atoms with Gasteiger partial charge in [-0.3, -0.25) is 4.79 Å². The molecule has 1 fully saturated rings. The molecule has 1 amide bonds. The fourth-order valence-electron chi connectivity index (χ4n) is 3.09. The molecule has 7 heteroatoms. The summed E-state index contributed by atoms with van der Waals surface area (Å²) in [5.41, 5.74) is 0.984. The lowest BCUT2D eigenvalue weighted by molar-refractivity contribution is -0.145. The van der Waals surface area contributed by atoms with Gasteiger partial charge in [-0.2, -0.15) is 5.10 Å². The third-order valence-corrected chi connectivity index (χ3v) is 4.50. The van der Waals surface area contributed by atoms with E-state index in [9.17, 15) is 4.79 Å². The van der Waals surface area contributed by atoms with Crippen molar-refractivity contribution in [3.63, 3.8) is 0 Å². The first-order valence-corrected chi connectivity index (χ1v) is 8.55. The minimum Gasteiger partial charge on any atom is -0.497 e. The van der Waals surface area contributed by atoms with Crippen LogP contribution in [-0.4, -0.2) is 51.9 Å². The molecule has 0 aliphatic carbocycles. The third kappa shape index (κ3) is 4.36. The minimum absolute atomic E-state index is 0.0210. The van der Waals surface area contributed by atoms with Crippen molar-refractivity contribution in [2.45, 2.75) is 38.5 Å². The van der Waals surface area contributed by atoms with Crippen molar-refractivity contribution in [1.82, 2.24) is 19.7 Å². The van der Waals surface area contributed by atoms with Gasteiger partial charge in [0.05, 0.1) is 19.8 Å². The van der Waals surface area contributed by atoms with Crippen molar-refractivity contribution in [2.24, 2.45) is 0 Å². The molecular weight excluding hydrogens is 320 g/mol. The number of carbonyl (C=O) groups is 1. The normalized spacial score (nSPS) is 18.8. The molecule has 0 spiro atoms. The lowest BCUT2D eigenvalue weighted by atomic mass is 10.1. The molecule has 1 aliphatic rings. The highest BCUT2D eigenvalue weighted by atomic mass is 16.5. The fraction of sp³-hybridized carbons (Fsp3) is 0.500. The number of hydrogen-bond donors (Lipinski definition) is 0. The van der Waals surface area contributed by atoms with Crippen molar-refractivity contribution in [2.75, 3.05) is 20.2 Å². The Morgan fingerprint density at radius 3 is 3.08 bits per heavy atom. The van der Waals surface area contributed by atoms with E-state index >= 15 is 0 Å². The van der Waals surface area contributed by atoms with E-state index in [1.807, 2.05) is 40.8 Å². The zero-order chi connectivity index (χ0) is 17.6. The van der Waals surface area contributed by atoms with E-state index < -0.39 is 6.10 Å². The molecule has 25 heavy (non-hydrogen) atoms. The van der Waals surface area contributed by atoms with Crippen molar-refractivity contribution in [1.29, 1.82) is 0 Å². The summed E-state index contributed by atoms with van der Waals surface area (Å²) < 4.78 is 12.8. The Labute approximate surface area is 147 Å². The van der Waals surface area contributed by atoms with Crippen LogP contribution in [0.5, 0.6) is 5.75 Å². The minimum atomic E-state index is -0.485. The van der Waals surface area contributed by atoms with Gasteiger partial charge in [-0.25, -0.2) is 9.67 Å². The Hall–Kier alpha value is -2.41. The summed E-state index contributed by atoms with van der Waals surface area (Å²) in [7, 11) is 1.63. The van der Waals surface area contributed by atoms with Gasteiger partial charge in [0.25, 0.3) is 5.91 Å². The van der Waals surface area contributed by atoms with Gasteiger partial charge in [0.1, 0.15) is 24.5 Å². The summed E-state index contributed by atoms with van der Waals surface area (Å²) in [5, 5.41) is 4.20. The van der Waals surface area contributed by atoms with Gasteiger partial charge >= 0.3 is 0 Å². The van der Waals surface area contributed by atoms with Gasteiger partial charge in [0.2, 0.25) is 0 Å². The summed E-state index contributed by atoms with van der Waals surface area (Å²) in [6.45, 7) is 3.60. The number of amides is 1. The highest BCUT2D eigenvalue weighted by molar-refractivity contribution is 5.80. The second-order valence-electron chi connectivity index (χ2n) is 6.26. The lowest BCUT2D eigenvalue weighted by Gasteiger charge is -2.34. The van der Waals surface area contributed by atoms with E-state index in [4.69, 9.17) is 9.47 Å². The Morgan fingerprint density at radius 1 is 1.44 bits per heavy atom. The second-order valence-corrected chi connectivity index (χ2v) is 6.26. The predicted molar refractivity (Wildman–Crippen MR) is 92.1 cm³/mol. The molecule has 134 valence electrons. The Bertz CT molecular complexity index is 689. The van der Waals surface area contributed by atoms with Crippen molar-refractivity contribution in [3.05, 3.63) is 42.5 Å². The van der Waals surface area contributed by atoms with E-state index in [-0.39, 0.29) is 11.9 Å². The molecule has 0 unspecified atom stereocenters. The van der Waals surface area contributed by atoms with Gasteiger partial charge in [-0.15, -0.1) is 0 Å². The summed E-state index contributed by atoms with van der Waals surface area (Å²) in [5.74, 6) is 0.805. The Kier molecular flexibility index (Phi) is 5.65. The molecule has 2 atom stereocenters. The van der Waals surface area contributed by atoms with E-state index in [0.29, 0.717) is 13.2 Å². The molecule has 1 aromatic heterocycles. The first-order chi connectivity index (χ1) is 12.2. The van der Waals surface area contributed by atoms with Crippen LogP contribution in [0, 0.1) is 0 Å². The molecular formula is C18H24N4O3. The average Bonchev–Trinajstić information content (AvgIpc) is 3.20. The summed E-state index contributed by atoms with van der Waals surface area (Å²) in [6, 6.07) is 7.86. The molecule has 0 saturated carbocycles. The fourth-order valence-corrected chi connectivity index (χ4v) is 3.09. The first kappa shape index (κ1) is 17.4.